The highest BCUT2D eigenvalue weighted by molar-refractivity contribution is 4.46. The molecule has 3 N–H and O–H groups in total. The minimum absolute atomic E-state index is 0.0225. The number of hydrogen-bond acceptors (Lipinski definition) is 8. The largest absolute Gasteiger partial charge is 0.394 e. The van der Waals surface area contributed by atoms with Gasteiger partial charge >= 0.3 is 0 Å². The molecule has 0 bridgehead atoms. The minimum Gasteiger partial charge on any atom is -0.394 e. The predicted octanol–water partition coefficient (Wildman–Crippen LogP) is -0.0672. The van der Waals surface area contributed by atoms with E-state index in [2.05, 4.69) is 0 Å². The van der Waals surface area contributed by atoms with Gasteiger partial charge in [-0.05, 0) is 19.3 Å². The Hall–Kier alpha value is -0.320. The summed E-state index contributed by atoms with van der Waals surface area (Å²) in [5.41, 5.74) is 0. The highest BCUT2D eigenvalue weighted by Gasteiger charge is 2.03. The standard InChI is InChI=1S/C16H34O8/c17-5-10-22-14-12-20-7-1-2-9-24-16(19)4-3-8-21-13-15-23-11-6-18/h16-19H,1-15H2. The van der Waals surface area contributed by atoms with Crippen molar-refractivity contribution in [1.82, 2.24) is 0 Å². The lowest BCUT2D eigenvalue weighted by Gasteiger charge is -2.12. The highest BCUT2D eigenvalue weighted by Crippen LogP contribution is 2.01. The van der Waals surface area contributed by atoms with Crippen molar-refractivity contribution in [3.05, 3.63) is 0 Å². The smallest absolute Gasteiger partial charge is 0.154 e. The maximum Gasteiger partial charge on any atom is 0.154 e. The van der Waals surface area contributed by atoms with Crippen molar-refractivity contribution in [3.63, 3.8) is 0 Å². The Bertz CT molecular complexity index is 230. The van der Waals surface area contributed by atoms with Crippen LogP contribution in [0.25, 0.3) is 0 Å². The fourth-order valence-corrected chi connectivity index (χ4v) is 1.74. The van der Waals surface area contributed by atoms with Crippen molar-refractivity contribution in [3.8, 4) is 0 Å². The summed E-state index contributed by atoms with van der Waals surface area (Å²) in [7, 11) is 0. The molecule has 8 nitrogen and oxygen atoms in total. The van der Waals surface area contributed by atoms with Gasteiger partial charge in [-0.3, -0.25) is 0 Å². The Kier molecular flexibility index (Phi) is 20.4. The maximum absolute atomic E-state index is 9.65. The van der Waals surface area contributed by atoms with Gasteiger partial charge in [0.1, 0.15) is 0 Å². The predicted molar refractivity (Wildman–Crippen MR) is 87.9 cm³/mol. The molecule has 24 heavy (non-hydrogen) atoms. The molecule has 0 saturated heterocycles. The van der Waals surface area contributed by atoms with Crippen LogP contribution in [0, 0.1) is 0 Å². The summed E-state index contributed by atoms with van der Waals surface area (Å²) in [5, 5.41) is 26.7. The van der Waals surface area contributed by atoms with Gasteiger partial charge in [-0.2, -0.15) is 0 Å². The summed E-state index contributed by atoms with van der Waals surface area (Å²) in [4.78, 5) is 0. The monoisotopic (exact) mass is 354 g/mol. The summed E-state index contributed by atoms with van der Waals surface area (Å²) in [6, 6.07) is 0. The number of aliphatic hydroxyl groups excluding tert-OH is 3. The fourth-order valence-electron chi connectivity index (χ4n) is 1.74. The maximum atomic E-state index is 9.65. The van der Waals surface area contributed by atoms with E-state index in [0.717, 1.165) is 19.3 Å². The van der Waals surface area contributed by atoms with Gasteiger partial charge in [0.2, 0.25) is 0 Å². The first-order chi connectivity index (χ1) is 11.8. The van der Waals surface area contributed by atoms with E-state index in [0.29, 0.717) is 65.9 Å². The third-order valence-corrected chi connectivity index (χ3v) is 2.95. The van der Waals surface area contributed by atoms with E-state index >= 15 is 0 Å². The first-order valence-corrected chi connectivity index (χ1v) is 8.63. The zero-order chi connectivity index (χ0) is 17.7. The van der Waals surface area contributed by atoms with Gasteiger partial charge in [0, 0.05) is 26.2 Å². The second-order valence-corrected chi connectivity index (χ2v) is 5.07. The SMILES string of the molecule is OCCOCCOCCCCOC(O)CCCOCCOCCO. The lowest BCUT2D eigenvalue weighted by Crippen LogP contribution is -2.15. The van der Waals surface area contributed by atoms with Crippen LogP contribution >= 0.6 is 0 Å². The molecule has 0 amide bonds. The second-order valence-electron chi connectivity index (χ2n) is 5.07. The van der Waals surface area contributed by atoms with E-state index in [4.69, 9.17) is 33.9 Å². The molecule has 146 valence electrons. The van der Waals surface area contributed by atoms with Crippen LogP contribution in [-0.4, -0.2) is 94.3 Å². The Labute approximate surface area is 144 Å². The molecular formula is C16H34O8. The molecule has 0 heterocycles. The minimum atomic E-state index is -0.757. The summed E-state index contributed by atoms with van der Waals surface area (Å²) in [6.45, 7) is 4.39. The summed E-state index contributed by atoms with van der Waals surface area (Å²) < 4.78 is 26.1. The van der Waals surface area contributed by atoms with Crippen molar-refractivity contribution in [2.24, 2.45) is 0 Å². The summed E-state index contributed by atoms with van der Waals surface area (Å²) >= 11 is 0. The molecular weight excluding hydrogens is 320 g/mol. The van der Waals surface area contributed by atoms with E-state index in [1.165, 1.54) is 0 Å². The summed E-state index contributed by atoms with van der Waals surface area (Å²) in [5.74, 6) is 0. The normalized spacial score (nSPS) is 12.6. The van der Waals surface area contributed by atoms with Crippen LogP contribution in [0.4, 0.5) is 0 Å². The molecule has 0 aromatic carbocycles. The fraction of sp³-hybridized carbons (Fsp3) is 1.00. The topological polar surface area (TPSA) is 107 Å². The molecule has 0 saturated carbocycles. The van der Waals surface area contributed by atoms with Crippen LogP contribution in [0.1, 0.15) is 25.7 Å². The molecule has 0 aliphatic rings. The molecule has 8 heteroatoms. The molecule has 0 radical (unpaired) electrons. The van der Waals surface area contributed by atoms with E-state index in [9.17, 15) is 5.11 Å². The lowest BCUT2D eigenvalue weighted by molar-refractivity contribution is -0.108. The third-order valence-electron chi connectivity index (χ3n) is 2.95. The van der Waals surface area contributed by atoms with Gasteiger partial charge in [-0.25, -0.2) is 0 Å². The van der Waals surface area contributed by atoms with Crippen LogP contribution < -0.4 is 0 Å². The Morgan fingerprint density at radius 2 is 1.00 bits per heavy atom. The second kappa shape index (κ2) is 20.7. The van der Waals surface area contributed by atoms with Crippen LogP contribution in [-0.2, 0) is 23.7 Å². The first kappa shape index (κ1) is 23.7. The van der Waals surface area contributed by atoms with Crippen molar-refractivity contribution >= 4 is 0 Å². The third kappa shape index (κ3) is 19.7. The van der Waals surface area contributed by atoms with Crippen LogP contribution in [0.3, 0.4) is 0 Å². The molecule has 0 rings (SSSR count). The van der Waals surface area contributed by atoms with E-state index in [1.54, 1.807) is 0 Å². The molecule has 0 aromatic rings. The number of aliphatic hydroxyl groups is 3. The van der Waals surface area contributed by atoms with Gasteiger partial charge in [0.05, 0.1) is 52.9 Å². The zero-order valence-corrected chi connectivity index (χ0v) is 14.6. The van der Waals surface area contributed by atoms with Crippen molar-refractivity contribution in [2.45, 2.75) is 32.0 Å². The lowest BCUT2D eigenvalue weighted by atomic mass is 10.3. The molecule has 1 atom stereocenters. The van der Waals surface area contributed by atoms with Crippen molar-refractivity contribution < 1.29 is 39.0 Å². The Morgan fingerprint density at radius 3 is 1.54 bits per heavy atom. The molecule has 0 fully saturated rings. The molecule has 0 aliphatic carbocycles. The van der Waals surface area contributed by atoms with E-state index < -0.39 is 6.29 Å². The highest BCUT2D eigenvalue weighted by atomic mass is 16.6. The average molecular weight is 354 g/mol. The average Bonchev–Trinajstić information content (AvgIpc) is 2.59. The Balaban J connectivity index is 3.11. The number of rotatable bonds is 20. The Morgan fingerprint density at radius 1 is 0.542 bits per heavy atom. The molecule has 1 unspecified atom stereocenters. The van der Waals surface area contributed by atoms with Crippen LogP contribution in [0.2, 0.25) is 0 Å². The van der Waals surface area contributed by atoms with Crippen molar-refractivity contribution in [2.75, 3.05) is 72.7 Å². The number of unbranched alkanes of at least 4 members (excludes halogenated alkanes) is 1. The van der Waals surface area contributed by atoms with Gasteiger partial charge in [-0.1, -0.05) is 0 Å². The quantitative estimate of drug-likeness (QED) is 0.206. The van der Waals surface area contributed by atoms with E-state index in [1.807, 2.05) is 0 Å². The molecule has 0 spiro atoms. The molecule has 0 aliphatic heterocycles. The van der Waals surface area contributed by atoms with Crippen LogP contribution in [0.15, 0.2) is 0 Å². The van der Waals surface area contributed by atoms with Gasteiger partial charge < -0.3 is 39.0 Å². The van der Waals surface area contributed by atoms with Gasteiger partial charge in [0.25, 0.3) is 0 Å². The van der Waals surface area contributed by atoms with Gasteiger partial charge in [0.15, 0.2) is 6.29 Å². The van der Waals surface area contributed by atoms with E-state index in [-0.39, 0.29) is 13.2 Å². The first-order valence-electron chi connectivity index (χ1n) is 8.63. The number of hydrogen-bond donors (Lipinski definition) is 3. The molecule has 0 aromatic heterocycles. The van der Waals surface area contributed by atoms with Gasteiger partial charge in [-0.15, -0.1) is 0 Å². The summed E-state index contributed by atoms with van der Waals surface area (Å²) in [6.07, 6.45) is 2.19. The number of ether oxygens (including phenoxy) is 5. The zero-order valence-electron chi connectivity index (χ0n) is 14.6. The van der Waals surface area contributed by atoms with Crippen LogP contribution in [0.5, 0.6) is 0 Å². The van der Waals surface area contributed by atoms with Crippen molar-refractivity contribution in [1.29, 1.82) is 0 Å².